The zero-order valence-corrected chi connectivity index (χ0v) is 23.0. The van der Waals surface area contributed by atoms with Crippen molar-refractivity contribution in [2.24, 2.45) is 0 Å². The first-order chi connectivity index (χ1) is 18.8. The van der Waals surface area contributed by atoms with E-state index in [4.69, 9.17) is 14.2 Å². The summed E-state index contributed by atoms with van der Waals surface area (Å²) in [6, 6.07) is 20.3. The highest BCUT2D eigenvalue weighted by Crippen LogP contribution is 2.33. The van der Waals surface area contributed by atoms with Gasteiger partial charge in [0.15, 0.2) is 11.5 Å². The van der Waals surface area contributed by atoms with E-state index in [1.807, 2.05) is 55.5 Å². The number of sulfonamides is 1. The van der Waals surface area contributed by atoms with Gasteiger partial charge in [-0.1, -0.05) is 42.5 Å². The molecule has 0 unspecified atom stereocenters. The molecule has 2 aliphatic rings. The van der Waals surface area contributed by atoms with E-state index in [9.17, 15) is 13.2 Å². The number of carbonyl (C=O) groups is 1. The summed E-state index contributed by atoms with van der Waals surface area (Å²) in [7, 11) is -2.58. The van der Waals surface area contributed by atoms with Gasteiger partial charge in [-0.05, 0) is 47.9 Å². The lowest BCUT2D eigenvalue weighted by molar-refractivity contribution is -0.133. The molecular weight excluding hydrogens is 518 g/mol. The third-order valence-electron chi connectivity index (χ3n) is 7.02. The monoisotopic (exact) mass is 551 g/mol. The predicted octanol–water partition coefficient (Wildman–Crippen LogP) is 3.27. The van der Waals surface area contributed by atoms with E-state index >= 15 is 0 Å². The second-order valence-corrected chi connectivity index (χ2v) is 11.7. The molecular formula is C29H33N3O6S. The fourth-order valence-corrected chi connectivity index (χ4v) is 6.46. The van der Waals surface area contributed by atoms with E-state index in [-0.39, 0.29) is 36.4 Å². The number of nitrogens with zero attached hydrogens (tertiary/aromatic N) is 3. The van der Waals surface area contributed by atoms with Crippen LogP contribution < -0.4 is 14.2 Å². The van der Waals surface area contributed by atoms with Gasteiger partial charge >= 0.3 is 0 Å². The summed E-state index contributed by atoms with van der Waals surface area (Å²) in [6.45, 7) is 5.07. The molecule has 0 N–H and O–H groups in total. The largest absolute Gasteiger partial charge is 0.495 e. The van der Waals surface area contributed by atoms with E-state index in [0.717, 1.165) is 34.7 Å². The van der Waals surface area contributed by atoms with Crippen LogP contribution in [-0.4, -0.2) is 75.1 Å². The Morgan fingerprint density at radius 3 is 2.41 bits per heavy atom. The van der Waals surface area contributed by atoms with Crippen LogP contribution in [0.5, 0.6) is 17.2 Å². The molecule has 5 rings (SSSR count). The number of hydrogen-bond donors (Lipinski definition) is 0. The van der Waals surface area contributed by atoms with Crippen molar-refractivity contribution in [3.05, 3.63) is 83.4 Å². The van der Waals surface area contributed by atoms with Crippen molar-refractivity contribution >= 4 is 15.9 Å². The number of benzene rings is 3. The maximum absolute atomic E-state index is 13.9. The summed E-state index contributed by atoms with van der Waals surface area (Å²) in [5, 5.41) is 0. The average molecular weight is 552 g/mol. The van der Waals surface area contributed by atoms with Crippen molar-refractivity contribution < 1.29 is 27.4 Å². The number of fused-ring (bicyclic) bond motifs is 1. The molecule has 0 radical (unpaired) electrons. The number of piperazine rings is 1. The van der Waals surface area contributed by atoms with Crippen molar-refractivity contribution in [2.45, 2.75) is 24.9 Å². The molecule has 10 heteroatoms. The van der Waals surface area contributed by atoms with Gasteiger partial charge in [0.1, 0.15) is 10.6 Å². The van der Waals surface area contributed by atoms with Crippen LogP contribution in [0, 0.1) is 6.92 Å². The Morgan fingerprint density at radius 2 is 1.67 bits per heavy atom. The predicted molar refractivity (Wildman–Crippen MR) is 146 cm³/mol. The average Bonchev–Trinajstić information content (AvgIpc) is 3.41. The van der Waals surface area contributed by atoms with Crippen molar-refractivity contribution in [1.82, 2.24) is 14.1 Å². The molecule has 0 spiro atoms. The molecule has 3 aromatic rings. The van der Waals surface area contributed by atoms with Crippen molar-refractivity contribution in [2.75, 3.05) is 46.6 Å². The van der Waals surface area contributed by atoms with Gasteiger partial charge in [0, 0.05) is 39.3 Å². The molecule has 0 aliphatic carbocycles. The van der Waals surface area contributed by atoms with Crippen LogP contribution in [-0.2, 0) is 27.9 Å². The molecule has 0 saturated carbocycles. The van der Waals surface area contributed by atoms with E-state index in [1.54, 1.807) is 23.1 Å². The first-order valence-electron chi connectivity index (χ1n) is 12.9. The fourth-order valence-electron chi connectivity index (χ4n) is 4.84. The van der Waals surface area contributed by atoms with E-state index in [2.05, 4.69) is 4.90 Å². The maximum atomic E-state index is 13.9. The van der Waals surface area contributed by atoms with Crippen LogP contribution in [0.15, 0.2) is 71.6 Å². The van der Waals surface area contributed by atoms with Crippen LogP contribution in [0.3, 0.4) is 0 Å². The van der Waals surface area contributed by atoms with Gasteiger partial charge in [0.25, 0.3) is 0 Å². The fraction of sp³-hybridized carbons (Fsp3) is 0.345. The zero-order valence-electron chi connectivity index (χ0n) is 22.2. The van der Waals surface area contributed by atoms with Crippen molar-refractivity contribution in [1.29, 1.82) is 0 Å². The smallest absolute Gasteiger partial charge is 0.247 e. The Labute approximate surface area is 229 Å². The first-order valence-corrected chi connectivity index (χ1v) is 14.3. The molecule has 2 heterocycles. The molecule has 3 aromatic carbocycles. The number of aryl methyl sites for hydroxylation is 1. The first kappa shape index (κ1) is 27.0. The minimum Gasteiger partial charge on any atom is -0.495 e. The zero-order chi connectivity index (χ0) is 27.4. The minimum absolute atomic E-state index is 0.0577. The van der Waals surface area contributed by atoms with Gasteiger partial charge in [-0.15, -0.1) is 0 Å². The number of amides is 1. The van der Waals surface area contributed by atoms with Gasteiger partial charge in [-0.3, -0.25) is 9.69 Å². The van der Waals surface area contributed by atoms with Gasteiger partial charge in [-0.25, -0.2) is 8.42 Å². The second kappa shape index (κ2) is 11.6. The Balaban J connectivity index is 1.28. The molecule has 0 atom stereocenters. The molecule has 9 nitrogen and oxygen atoms in total. The lowest BCUT2D eigenvalue weighted by Gasteiger charge is -2.35. The van der Waals surface area contributed by atoms with E-state index < -0.39 is 10.0 Å². The highest BCUT2D eigenvalue weighted by Gasteiger charge is 2.32. The molecule has 1 saturated heterocycles. The summed E-state index contributed by atoms with van der Waals surface area (Å²) in [5.74, 6) is 1.55. The van der Waals surface area contributed by atoms with Crippen LogP contribution in [0.2, 0.25) is 0 Å². The molecule has 2 aliphatic heterocycles. The number of carbonyl (C=O) groups excluding carboxylic acids is 1. The second-order valence-electron chi connectivity index (χ2n) is 9.76. The summed E-state index contributed by atoms with van der Waals surface area (Å²) >= 11 is 0. The summed E-state index contributed by atoms with van der Waals surface area (Å²) in [5.41, 5.74) is 2.71. The highest BCUT2D eigenvalue weighted by atomic mass is 32.2. The van der Waals surface area contributed by atoms with Gasteiger partial charge in [0.05, 0.1) is 13.7 Å². The van der Waals surface area contributed by atoms with Crippen molar-refractivity contribution in [3.8, 4) is 17.2 Å². The summed E-state index contributed by atoms with van der Waals surface area (Å²) in [6.07, 6.45) is 0. The SMILES string of the molecule is COc1ccc(C)cc1S(=O)(=O)N(CC(=O)N1CCN(Cc2ccc3c(c2)OCO3)CC1)Cc1ccccc1. The molecule has 0 aromatic heterocycles. The topological polar surface area (TPSA) is 88.6 Å². The summed E-state index contributed by atoms with van der Waals surface area (Å²) in [4.78, 5) is 17.5. The maximum Gasteiger partial charge on any atom is 0.247 e. The normalized spacial score (nSPS) is 15.5. The van der Waals surface area contributed by atoms with Gasteiger partial charge in [0.2, 0.25) is 22.7 Å². The number of ether oxygens (including phenoxy) is 3. The third-order valence-corrected chi connectivity index (χ3v) is 8.83. The molecule has 0 bridgehead atoms. The highest BCUT2D eigenvalue weighted by molar-refractivity contribution is 7.89. The Bertz CT molecular complexity index is 1420. The van der Waals surface area contributed by atoms with Crippen LogP contribution in [0.4, 0.5) is 0 Å². The Morgan fingerprint density at radius 1 is 0.923 bits per heavy atom. The van der Waals surface area contributed by atoms with Crippen LogP contribution in [0.1, 0.15) is 16.7 Å². The quantitative estimate of drug-likeness (QED) is 0.403. The number of rotatable bonds is 9. The molecule has 39 heavy (non-hydrogen) atoms. The third kappa shape index (κ3) is 6.19. The van der Waals surface area contributed by atoms with Crippen LogP contribution >= 0.6 is 0 Å². The standard InChI is InChI=1S/C29H33N3O6S/c1-22-8-10-26(36-2)28(16-22)39(34,35)32(19-23-6-4-3-5-7-23)20-29(33)31-14-12-30(13-15-31)18-24-9-11-25-27(17-24)38-21-37-25/h3-11,16-17H,12-15,18-21H2,1-2H3. The van der Waals surface area contributed by atoms with Crippen LogP contribution in [0.25, 0.3) is 0 Å². The minimum atomic E-state index is -4.03. The number of hydrogen-bond acceptors (Lipinski definition) is 7. The van der Waals surface area contributed by atoms with E-state index in [0.29, 0.717) is 26.2 Å². The lowest BCUT2D eigenvalue weighted by Crippen LogP contribution is -2.51. The van der Waals surface area contributed by atoms with Gasteiger partial charge < -0.3 is 19.1 Å². The lowest BCUT2D eigenvalue weighted by atomic mass is 10.1. The summed E-state index contributed by atoms with van der Waals surface area (Å²) < 4.78 is 45.2. The Hall–Kier alpha value is -3.60. The molecule has 206 valence electrons. The Kier molecular flexibility index (Phi) is 8.06. The van der Waals surface area contributed by atoms with Crippen molar-refractivity contribution in [3.63, 3.8) is 0 Å². The number of methoxy groups -OCH3 is 1. The van der Waals surface area contributed by atoms with Gasteiger partial charge in [-0.2, -0.15) is 4.31 Å². The van der Waals surface area contributed by atoms with E-state index in [1.165, 1.54) is 11.4 Å². The molecule has 1 fully saturated rings. The molecule has 1 amide bonds.